The van der Waals surface area contributed by atoms with Crippen LogP contribution in [0.1, 0.15) is 57.8 Å². The summed E-state index contributed by atoms with van der Waals surface area (Å²) in [6.45, 7) is 6.19. The largest absolute Gasteiger partial charge is 0.462 e. The van der Waals surface area contributed by atoms with E-state index in [0.29, 0.717) is 12.0 Å². The molecule has 0 amide bonds. The molecule has 0 N–H and O–H groups in total. The molecule has 1 aliphatic carbocycles. The number of carbonyl (C=O) groups excluding carboxylic acids is 1. The molecule has 1 saturated heterocycles. The number of nitrogens with zero attached hydrogens (tertiary/aromatic N) is 3. The second-order valence-corrected chi connectivity index (χ2v) is 6.86. The van der Waals surface area contributed by atoms with E-state index in [1.54, 1.807) is 0 Å². The molecular weight excluding hydrogens is 262 g/mol. The van der Waals surface area contributed by atoms with E-state index in [2.05, 4.69) is 28.6 Å². The Bertz CT molecular complexity index is 496. The number of rotatable bonds is 4. The van der Waals surface area contributed by atoms with Crippen molar-refractivity contribution in [3.8, 4) is 0 Å². The highest BCUT2D eigenvalue weighted by Crippen LogP contribution is 2.42. The summed E-state index contributed by atoms with van der Waals surface area (Å²) >= 11 is 1.51. The fraction of sp³-hybridized carbons (Fsp3) is 0.769. The first-order chi connectivity index (χ1) is 9.06. The van der Waals surface area contributed by atoms with Crippen LogP contribution >= 0.6 is 11.8 Å². The fourth-order valence-corrected chi connectivity index (χ4v) is 3.60. The highest BCUT2D eigenvalue weighted by atomic mass is 32.2. The molecule has 104 valence electrons. The highest BCUT2D eigenvalue weighted by Gasteiger charge is 2.36. The zero-order valence-corrected chi connectivity index (χ0v) is 12.3. The van der Waals surface area contributed by atoms with Gasteiger partial charge in [-0.2, -0.15) is 0 Å². The van der Waals surface area contributed by atoms with Crippen molar-refractivity contribution >= 4 is 17.7 Å². The smallest absolute Gasteiger partial charge is 0.319 e. The summed E-state index contributed by atoms with van der Waals surface area (Å²) in [4.78, 5) is 11.7. The van der Waals surface area contributed by atoms with Gasteiger partial charge in [0.1, 0.15) is 17.2 Å². The van der Waals surface area contributed by atoms with Crippen molar-refractivity contribution in [2.24, 2.45) is 0 Å². The molecule has 0 radical (unpaired) electrons. The monoisotopic (exact) mass is 281 g/mol. The van der Waals surface area contributed by atoms with Crippen molar-refractivity contribution in [1.29, 1.82) is 0 Å². The quantitative estimate of drug-likeness (QED) is 0.794. The standard InChI is InChI=1S/C13H19N3O2S/c1-7(2)11-14-15-13(16(11)9-4-5-9)19-10-6-8(3)18-12(10)17/h7-10H,4-6H2,1-3H3/t8-,10-/m1/s1. The first-order valence-electron chi connectivity index (χ1n) is 6.88. The van der Waals surface area contributed by atoms with Crippen LogP contribution in [0.2, 0.25) is 0 Å². The predicted octanol–water partition coefficient (Wildman–Crippen LogP) is 2.53. The van der Waals surface area contributed by atoms with Gasteiger partial charge < -0.3 is 9.30 Å². The van der Waals surface area contributed by atoms with Gasteiger partial charge in [0.05, 0.1) is 0 Å². The SMILES string of the molecule is CC(C)c1nnc(S[C@@H]2C[C@@H](C)OC2=O)n1C1CC1. The highest BCUT2D eigenvalue weighted by molar-refractivity contribution is 8.00. The molecule has 1 aromatic rings. The molecule has 2 heterocycles. The molecule has 19 heavy (non-hydrogen) atoms. The molecule has 1 aliphatic heterocycles. The molecule has 3 rings (SSSR count). The summed E-state index contributed by atoms with van der Waals surface area (Å²) in [6, 6.07) is 0.532. The van der Waals surface area contributed by atoms with Gasteiger partial charge in [0.15, 0.2) is 5.16 Å². The first kappa shape index (κ1) is 13.0. The maximum atomic E-state index is 11.7. The third-order valence-electron chi connectivity index (χ3n) is 3.49. The van der Waals surface area contributed by atoms with Crippen molar-refractivity contribution in [3.63, 3.8) is 0 Å². The van der Waals surface area contributed by atoms with Crippen LogP contribution in [-0.4, -0.2) is 32.1 Å². The van der Waals surface area contributed by atoms with Gasteiger partial charge in [-0.15, -0.1) is 10.2 Å². The Morgan fingerprint density at radius 1 is 1.37 bits per heavy atom. The number of esters is 1. The van der Waals surface area contributed by atoms with Crippen molar-refractivity contribution in [2.45, 2.75) is 68.5 Å². The lowest BCUT2D eigenvalue weighted by atomic mass is 10.2. The van der Waals surface area contributed by atoms with Crippen LogP contribution in [0.4, 0.5) is 0 Å². The number of thioether (sulfide) groups is 1. The number of hydrogen-bond donors (Lipinski definition) is 0. The van der Waals surface area contributed by atoms with Crippen molar-refractivity contribution in [1.82, 2.24) is 14.8 Å². The molecule has 0 spiro atoms. The van der Waals surface area contributed by atoms with Gasteiger partial charge in [-0.25, -0.2) is 0 Å². The van der Waals surface area contributed by atoms with Gasteiger partial charge in [-0.1, -0.05) is 25.6 Å². The van der Waals surface area contributed by atoms with Crippen LogP contribution in [0.3, 0.4) is 0 Å². The molecule has 2 aliphatic rings. The van der Waals surface area contributed by atoms with Gasteiger partial charge in [0.25, 0.3) is 0 Å². The number of hydrogen-bond acceptors (Lipinski definition) is 5. The van der Waals surface area contributed by atoms with E-state index in [4.69, 9.17) is 4.74 Å². The Morgan fingerprint density at radius 2 is 2.11 bits per heavy atom. The van der Waals surface area contributed by atoms with Crippen LogP contribution < -0.4 is 0 Å². The molecule has 2 fully saturated rings. The minimum atomic E-state index is -0.128. The summed E-state index contributed by atoms with van der Waals surface area (Å²) in [5, 5.41) is 9.34. The lowest BCUT2D eigenvalue weighted by Crippen LogP contribution is -2.12. The van der Waals surface area contributed by atoms with Gasteiger partial charge in [0.2, 0.25) is 0 Å². The van der Waals surface area contributed by atoms with E-state index in [-0.39, 0.29) is 17.3 Å². The molecule has 1 aromatic heterocycles. The van der Waals surface area contributed by atoms with E-state index >= 15 is 0 Å². The molecular formula is C13H19N3O2S. The zero-order valence-electron chi connectivity index (χ0n) is 11.5. The van der Waals surface area contributed by atoms with E-state index in [1.807, 2.05) is 6.92 Å². The maximum Gasteiger partial charge on any atom is 0.319 e. The Morgan fingerprint density at radius 3 is 2.63 bits per heavy atom. The molecule has 5 nitrogen and oxygen atoms in total. The lowest BCUT2D eigenvalue weighted by molar-refractivity contribution is -0.140. The fourth-order valence-electron chi connectivity index (χ4n) is 2.38. The lowest BCUT2D eigenvalue weighted by Gasteiger charge is -2.11. The van der Waals surface area contributed by atoms with E-state index in [0.717, 1.165) is 17.4 Å². The molecule has 0 bridgehead atoms. The van der Waals surface area contributed by atoms with Crippen molar-refractivity contribution in [3.05, 3.63) is 5.82 Å². The average Bonchev–Trinajstić information content (AvgIpc) is 3.01. The second-order valence-electron chi connectivity index (χ2n) is 5.69. The molecule has 2 atom stereocenters. The van der Waals surface area contributed by atoms with Crippen LogP contribution in [0.5, 0.6) is 0 Å². The molecule has 1 saturated carbocycles. The third kappa shape index (κ3) is 2.50. The number of ether oxygens (including phenoxy) is 1. The number of cyclic esters (lactones) is 1. The molecule has 6 heteroatoms. The van der Waals surface area contributed by atoms with Crippen molar-refractivity contribution < 1.29 is 9.53 Å². The minimum absolute atomic E-state index is 0.0202. The predicted molar refractivity (Wildman–Crippen MR) is 72.2 cm³/mol. The molecule has 0 aromatic carbocycles. The van der Waals surface area contributed by atoms with Crippen LogP contribution in [0.25, 0.3) is 0 Å². The summed E-state index contributed by atoms with van der Waals surface area (Å²) < 4.78 is 7.43. The van der Waals surface area contributed by atoms with Gasteiger partial charge in [0, 0.05) is 18.4 Å². The summed E-state index contributed by atoms with van der Waals surface area (Å²) in [6.07, 6.45) is 3.16. The Kier molecular flexibility index (Phi) is 3.28. The van der Waals surface area contributed by atoms with E-state index in [9.17, 15) is 4.79 Å². The van der Waals surface area contributed by atoms with E-state index < -0.39 is 0 Å². The van der Waals surface area contributed by atoms with Gasteiger partial charge in [-0.3, -0.25) is 4.79 Å². The van der Waals surface area contributed by atoms with Gasteiger partial charge in [-0.05, 0) is 19.8 Å². The normalized spacial score (nSPS) is 27.1. The average molecular weight is 281 g/mol. The van der Waals surface area contributed by atoms with Gasteiger partial charge >= 0.3 is 5.97 Å². The number of aromatic nitrogens is 3. The Hall–Kier alpha value is -1.04. The maximum absolute atomic E-state index is 11.7. The molecule has 0 unspecified atom stereocenters. The summed E-state index contributed by atoms with van der Waals surface area (Å²) in [5.41, 5.74) is 0. The zero-order chi connectivity index (χ0) is 13.6. The van der Waals surface area contributed by atoms with Crippen molar-refractivity contribution in [2.75, 3.05) is 0 Å². The Balaban J connectivity index is 1.83. The summed E-state index contributed by atoms with van der Waals surface area (Å²) in [7, 11) is 0. The minimum Gasteiger partial charge on any atom is -0.462 e. The second kappa shape index (κ2) is 4.81. The van der Waals surface area contributed by atoms with E-state index in [1.165, 1.54) is 24.6 Å². The van der Waals surface area contributed by atoms with Crippen LogP contribution in [-0.2, 0) is 9.53 Å². The Labute approximate surface area is 117 Å². The topological polar surface area (TPSA) is 57.0 Å². The third-order valence-corrected chi connectivity index (χ3v) is 4.65. The summed E-state index contributed by atoms with van der Waals surface area (Å²) in [5.74, 6) is 1.27. The first-order valence-corrected chi connectivity index (χ1v) is 7.76. The van der Waals surface area contributed by atoms with Crippen LogP contribution in [0.15, 0.2) is 5.16 Å². The van der Waals surface area contributed by atoms with Crippen LogP contribution in [0, 0.1) is 0 Å². The number of carbonyl (C=O) groups is 1.